The van der Waals surface area contributed by atoms with Gasteiger partial charge in [0.25, 0.3) is 11.3 Å². The molecule has 0 aliphatic rings. The van der Waals surface area contributed by atoms with E-state index in [1.807, 2.05) is 0 Å². The van der Waals surface area contributed by atoms with E-state index in [0.29, 0.717) is 28.4 Å². The summed E-state index contributed by atoms with van der Waals surface area (Å²) in [6.07, 6.45) is 1.40. The van der Waals surface area contributed by atoms with Crippen LogP contribution in [0.5, 0.6) is 0 Å². The fraction of sp³-hybridized carbons (Fsp3) is 0.167. The number of carbonyl (C=O) groups excluding carboxylic acids is 1. The van der Waals surface area contributed by atoms with Crippen LogP contribution < -0.4 is 10.9 Å². The normalized spacial score (nSPS) is 11.1. The number of aromatic nitrogens is 2. The summed E-state index contributed by atoms with van der Waals surface area (Å²) in [5, 5.41) is 3.07. The maximum Gasteiger partial charge on any atom is 0.288 e. The molecule has 1 aromatic heterocycles. The Labute approximate surface area is 165 Å². The number of hydrogen-bond acceptors (Lipinski definition) is 4. The van der Waals surface area contributed by atoms with Gasteiger partial charge in [-0.25, -0.2) is 4.98 Å². The van der Waals surface area contributed by atoms with Crippen molar-refractivity contribution >= 4 is 50.2 Å². The molecule has 0 fully saturated rings. The number of thioether (sulfide) groups is 1. The number of aryl methyl sites for hydroxylation is 1. The molecule has 1 heterocycles. The molecule has 5 nitrogen and oxygen atoms in total. The standard InChI is InChI=1S/C18H14BrF2N3O2S/c19-11-5-6-13-12(9-11)17(26)24(10-22-13)8-7-16(25)23-14-3-1-2-4-15(14)27-18(20)21/h1-6,9-10,18H,7-8H2,(H,23,25). The van der Waals surface area contributed by atoms with Gasteiger partial charge in [0.05, 0.1) is 22.9 Å². The predicted octanol–water partition coefficient (Wildman–Crippen LogP) is 4.50. The highest BCUT2D eigenvalue weighted by molar-refractivity contribution is 9.10. The van der Waals surface area contributed by atoms with Crippen LogP contribution in [0.1, 0.15) is 6.42 Å². The van der Waals surface area contributed by atoms with E-state index in [0.717, 1.165) is 4.47 Å². The van der Waals surface area contributed by atoms with Crippen LogP contribution >= 0.6 is 27.7 Å². The summed E-state index contributed by atoms with van der Waals surface area (Å²) >= 11 is 3.69. The predicted molar refractivity (Wildman–Crippen MR) is 105 cm³/mol. The van der Waals surface area contributed by atoms with E-state index in [-0.39, 0.29) is 29.3 Å². The molecule has 0 radical (unpaired) electrons. The van der Waals surface area contributed by atoms with Crippen LogP contribution in [0.2, 0.25) is 0 Å². The second-order valence-corrected chi connectivity index (χ2v) is 7.52. The molecule has 140 valence electrons. The van der Waals surface area contributed by atoms with Gasteiger partial charge >= 0.3 is 0 Å². The zero-order chi connectivity index (χ0) is 19.4. The van der Waals surface area contributed by atoms with Gasteiger partial charge in [-0.1, -0.05) is 39.8 Å². The van der Waals surface area contributed by atoms with Gasteiger partial charge in [0, 0.05) is 22.3 Å². The Hall–Kier alpha value is -2.26. The average molecular weight is 454 g/mol. The molecule has 3 aromatic rings. The number of fused-ring (bicyclic) bond motifs is 1. The summed E-state index contributed by atoms with van der Waals surface area (Å²) in [6, 6.07) is 11.6. The molecule has 27 heavy (non-hydrogen) atoms. The minimum Gasteiger partial charge on any atom is -0.325 e. The molecule has 0 aliphatic heterocycles. The molecule has 2 aromatic carbocycles. The van der Waals surface area contributed by atoms with Crippen LogP contribution in [0.4, 0.5) is 14.5 Å². The Balaban J connectivity index is 1.71. The minimum atomic E-state index is -2.58. The Morgan fingerprint density at radius 1 is 1.26 bits per heavy atom. The van der Waals surface area contributed by atoms with E-state index in [9.17, 15) is 18.4 Å². The van der Waals surface area contributed by atoms with Crippen molar-refractivity contribution in [2.45, 2.75) is 23.6 Å². The zero-order valence-corrected chi connectivity index (χ0v) is 16.3. The van der Waals surface area contributed by atoms with Gasteiger partial charge in [0.1, 0.15) is 0 Å². The first-order valence-corrected chi connectivity index (χ1v) is 9.59. The third-order valence-corrected chi connectivity index (χ3v) is 5.02. The highest BCUT2D eigenvalue weighted by atomic mass is 79.9. The molecule has 0 saturated heterocycles. The Morgan fingerprint density at radius 2 is 2.04 bits per heavy atom. The molecular weight excluding hydrogens is 440 g/mol. The summed E-state index contributed by atoms with van der Waals surface area (Å²) in [6.45, 7) is 0.129. The first-order chi connectivity index (χ1) is 12.9. The quantitative estimate of drug-likeness (QED) is 0.557. The third-order valence-electron chi connectivity index (χ3n) is 3.74. The largest absolute Gasteiger partial charge is 0.325 e. The van der Waals surface area contributed by atoms with Gasteiger partial charge in [-0.05, 0) is 30.3 Å². The number of amides is 1. The third kappa shape index (κ3) is 4.92. The summed E-state index contributed by atoms with van der Waals surface area (Å²) in [5.74, 6) is -2.96. The monoisotopic (exact) mass is 453 g/mol. The van der Waals surface area contributed by atoms with Crippen LogP contribution in [0.15, 0.2) is 63.0 Å². The number of benzene rings is 2. The number of rotatable bonds is 6. The van der Waals surface area contributed by atoms with Crippen LogP contribution in [0.25, 0.3) is 10.9 Å². The van der Waals surface area contributed by atoms with Crippen molar-refractivity contribution in [1.82, 2.24) is 9.55 Å². The number of carbonyl (C=O) groups is 1. The lowest BCUT2D eigenvalue weighted by Crippen LogP contribution is -2.23. The van der Waals surface area contributed by atoms with Gasteiger partial charge in [-0.3, -0.25) is 14.2 Å². The van der Waals surface area contributed by atoms with Crippen molar-refractivity contribution in [3.8, 4) is 0 Å². The van der Waals surface area contributed by atoms with Crippen molar-refractivity contribution in [2.24, 2.45) is 0 Å². The molecule has 1 amide bonds. The second-order valence-electron chi connectivity index (χ2n) is 5.58. The van der Waals surface area contributed by atoms with Crippen LogP contribution in [-0.4, -0.2) is 21.2 Å². The summed E-state index contributed by atoms with van der Waals surface area (Å²) in [5.41, 5.74) is 0.644. The number of para-hydroxylation sites is 1. The van der Waals surface area contributed by atoms with Crippen LogP contribution in [-0.2, 0) is 11.3 Å². The lowest BCUT2D eigenvalue weighted by Gasteiger charge is -2.11. The Bertz CT molecular complexity index is 1040. The lowest BCUT2D eigenvalue weighted by molar-refractivity contribution is -0.116. The first kappa shape index (κ1) is 19.5. The molecule has 0 unspecified atom stereocenters. The number of nitrogens with zero attached hydrogens (tertiary/aromatic N) is 2. The molecular formula is C18H14BrF2N3O2S. The van der Waals surface area contributed by atoms with Gasteiger partial charge in [0.15, 0.2) is 0 Å². The number of anilines is 1. The molecule has 0 atom stereocenters. The zero-order valence-electron chi connectivity index (χ0n) is 13.9. The van der Waals surface area contributed by atoms with Crippen LogP contribution in [0.3, 0.4) is 0 Å². The van der Waals surface area contributed by atoms with Gasteiger partial charge in [-0.15, -0.1) is 0 Å². The number of halogens is 3. The molecule has 0 bridgehead atoms. The SMILES string of the molecule is O=C(CCn1cnc2ccc(Br)cc2c1=O)Nc1ccccc1SC(F)F. The van der Waals surface area contributed by atoms with E-state index < -0.39 is 5.76 Å². The van der Waals surface area contributed by atoms with Crippen molar-refractivity contribution < 1.29 is 13.6 Å². The first-order valence-electron chi connectivity index (χ1n) is 7.92. The van der Waals surface area contributed by atoms with E-state index in [1.54, 1.807) is 36.4 Å². The number of alkyl halides is 2. The van der Waals surface area contributed by atoms with Crippen molar-refractivity contribution in [1.29, 1.82) is 0 Å². The van der Waals surface area contributed by atoms with E-state index in [1.165, 1.54) is 17.0 Å². The smallest absolute Gasteiger partial charge is 0.288 e. The number of hydrogen-bond donors (Lipinski definition) is 1. The Morgan fingerprint density at radius 3 is 2.81 bits per heavy atom. The lowest BCUT2D eigenvalue weighted by atomic mass is 10.2. The fourth-order valence-corrected chi connectivity index (χ4v) is 3.45. The summed E-state index contributed by atoms with van der Waals surface area (Å²) < 4.78 is 27.3. The van der Waals surface area contributed by atoms with Gasteiger partial charge < -0.3 is 5.32 Å². The summed E-state index contributed by atoms with van der Waals surface area (Å²) in [7, 11) is 0. The average Bonchev–Trinajstić information content (AvgIpc) is 2.63. The topological polar surface area (TPSA) is 64.0 Å². The van der Waals surface area contributed by atoms with Gasteiger partial charge in [0.2, 0.25) is 5.91 Å². The minimum absolute atomic E-state index is 0.00871. The fourth-order valence-electron chi connectivity index (χ4n) is 2.49. The number of nitrogens with one attached hydrogen (secondary N) is 1. The molecule has 1 N–H and O–H groups in total. The molecule has 9 heteroatoms. The van der Waals surface area contributed by atoms with E-state index in [2.05, 4.69) is 26.2 Å². The molecule has 0 aliphatic carbocycles. The van der Waals surface area contributed by atoms with E-state index >= 15 is 0 Å². The van der Waals surface area contributed by atoms with Crippen molar-refractivity contribution in [3.63, 3.8) is 0 Å². The van der Waals surface area contributed by atoms with Crippen LogP contribution in [0, 0.1) is 0 Å². The molecule has 0 saturated carbocycles. The van der Waals surface area contributed by atoms with Gasteiger partial charge in [-0.2, -0.15) is 8.78 Å². The second kappa shape index (κ2) is 8.62. The van der Waals surface area contributed by atoms with E-state index in [4.69, 9.17) is 0 Å². The highest BCUT2D eigenvalue weighted by Crippen LogP contribution is 2.31. The van der Waals surface area contributed by atoms with Crippen molar-refractivity contribution in [3.05, 3.63) is 63.6 Å². The van der Waals surface area contributed by atoms with Crippen molar-refractivity contribution in [2.75, 3.05) is 5.32 Å². The maximum absolute atomic E-state index is 12.6. The molecule has 3 rings (SSSR count). The Kier molecular flexibility index (Phi) is 6.22. The highest BCUT2D eigenvalue weighted by Gasteiger charge is 2.12. The summed E-state index contributed by atoms with van der Waals surface area (Å²) in [4.78, 5) is 29.2. The molecule has 0 spiro atoms. The maximum atomic E-state index is 12.6.